The molecule has 18 heavy (non-hydrogen) atoms. The van der Waals surface area contributed by atoms with E-state index >= 15 is 0 Å². The molecule has 1 aromatic carbocycles. The third kappa shape index (κ3) is 2.51. The van der Waals surface area contributed by atoms with E-state index < -0.39 is 0 Å². The molecule has 3 heteroatoms. The van der Waals surface area contributed by atoms with Crippen molar-refractivity contribution in [3.63, 3.8) is 0 Å². The van der Waals surface area contributed by atoms with Crippen molar-refractivity contribution in [1.82, 2.24) is 10.3 Å². The summed E-state index contributed by atoms with van der Waals surface area (Å²) in [6.45, 7) is 2.89. The predicted molar refractivity (Wildman–Crippen MR) is 73.7 cm³/mol. The number of hydrogen-bond acceptors (Lipinski definition) is 3. The van der Waals surface area contributed by atoms with Crippen LogP contribution < -0.4 is 10.1 Å². The zero-order valence-electron chi connectivity index (χ0n) is 11.0. The maximum atomic E-state index is 5.28. The molecule has 0 radical (unpaired) electrons. The van der Waals surface area contributed by atoms with Gasteiger partial charge < -0.3 is 10.1 Å². The Morgan fingerprint density at radius 2 is 2.06 bits per heavy atom. The summed E-state index contributed by atoms with van der Waals surface area (Å²) in [7, 11) is 3.64. The van der Waals surface area contributed by atoms with E-state index in [-0.39, 0.29) is 0 Å². The molecular weight excluding hydrogens is 224 g/mol. The average molecular weight is 242 g/mol. The Bertz CT molecular complexity index is 538. The lowest BCUT2D eigenvalue weighted by Gasteiger charge is -2.13. The minimum absolute atomic E-state index is 0.814. The Morgan fingerprint density at radius 1 is 1.22 bits per heavy atom. The summed E-state index contributed by atoms with van der Waals surface area (Å²) in [4.78, 5) is 4.14. The van der Waals surface area contributed by atoms with E-state index in [9.17, 15) is 0 Å². The molecule has 2 rings (SSSR count). The van der Waals surface area contributed by atoms with Crippen LogP contribution in [0.4, 0.5) is 0 Å². The highest BCUT2D eigenvalue weighted by atomic mass is 16.5. The summed E-state index contributed by atoms with van der Waals surface area (Å²) >= 11 is 0. The van der Waals surface area contributed by atoms with Gasteiger partial charge in [-0.05, 0) is 54.4 Å². The Morgan fingerprint density at radius 3 is 2.72 bits per heavy atom. The van der Waals surface area contributed by atoms with Gasteiger partial charge in [-0.2, -0.15) is 0 Å². The molecule has 0 fully saturated rings. The number of aromatic nitrogens is 1. The van der Waals surface area contributed by atoms with Crippen LogP contribution in [0.15, 0.2) is 36.7 Å². The van der Waals surface area contributed by atoms with Crippen LogP contribution >= 0.6 is 0 Å². The van der Waals surface area contributed by atoms with Crippen molar-refractivity contribution in [1.29, 1.82) is 0 Å². The Balaban J connectivity index is 2.53. The molecule has 0 atom stereocenters. The number of hydrogen-bond donors (Lipinski definition) is 1. The van der Waals surface area contributed by atoms with Gasteiger partial charge in [0.25, 0.3) is 0 Å². The molecule has 1 heterocycles. The molecule has 0 saturated carbocycles. The van der Waals surface area contributed by atoms with Crippen molar-refractivity contribution in [3.8, 4) is 16.9 Å². The van der Waals surface area contributed by atoms with E-state index in [4.69, 9.17) is 4.74 Å². The molecule has 0 bridgehead atoms. The monoisotopic (exact) mass is 242 g/mol. The molecule has 0 saturated heterocycles. The SMILES string of the molecule is CNCc1cc(OC)ccc1-c1ccncc1C. The first-order chi connectivity index (χ1) is 8.76. The molecule has 0 aliphatic carbocycles. The standard InChI is InChI=1S/C15H18N2O/c1-11-9-17-7-6-14(11)15-5-4-13(18-3)8-12(15)10-16-2/h4-9,16H,10H2,1-3H3. The van der Waals surface area contributed by atoms with Gasteiger partial charge in [-0.15, -0.1) is 0 Å². The first kappa shape index (κ1) is 12.6. The van der Waals surface area contributed by atoms with Gasteiger partial charge >= 0.3 is 0 Å². The first-order valence-corrected chi connectivity index (χ1v) is 5.98. The van der Waals surface area contributed by atoms with E-state index in [2.05, 4.69) is 35.4 Å². The highest BCUT2D eigenvalue weighted by Crippen LogP contribution is 2.29. The van der Waals surface area contributed by atoms with E-state index in [1.54, 1.807) is 7.11 Å². The van der Waals surface area contributed by atoms with Crippen molar-refractivity contribution in [2.75, 3.05) is 14.2 Å². The van der Waals surface area contributed by atoms with Crippen LogP contribution in [0.1, 0.15) is 11.1 Å². The summed E-state index contributed by atoms with van der Waals surface area (Å²) in [6, 6.07) is 8.23. The molecule has 0 spiro atoms. The molecule has 94 valence electrons. The predicted octanol–water partition coefficient (Wildman–Crippen LogP) is 2.79. The highest BCUT2D eigenvalue weighted by molar-refractivity contribution is 5.70. The minimum atomic E-state index is 0.814. The third-order valence-electron chi connectivity index (χ3n) is 2.99. The van der Waals surface area contributed by atoms with Crippen molar-refractivity contribution in [2.24, 2.45) is 0 Å². The van der Waals surface area contributed by atoms with E-state index in [1.807, 2.05) is 25.5 Å². The second-order valence-corrected chi connectivity index (χ2v) is 4.24. The average Bonchev–Trinajstić information content (AvgIpc) is 2.40. The van der Waals surface area contributed by atoms with Crippen LogP contribution in [-0.2, 0) is 6.54 Å². The lowest BCUT2D eigenvalue weighted by atomic mass is 9.97. The summed E-state index contributed by atoms with van der Waals surface area (Å²) < 4.78 is 5.28. The van der Waals surface area contributed by atoms with Gasteiger partial charge in [0.15, 0.2) is 0 Å². The number of ether oxygens (including phenoxy) is 1. The molecule has 0 unspecified atom stereocenters. The smallest absolute Gasteiger partial charge is 0.119 e. The van der Waals surface area contributed by atoms with Crippen LogP contribution in [0.2, 0.25) is 0 Å². The molecule has 0 aliphatic heterocycles. The van der Waals surface area contributed by atoms with Gasteiger partial charge in [0, 0.05) is 18.9 Å². The molecule has 3 nitrogen and oxygen atoms in total. The lowest BCUT2D eigenvalue weighted by Crippen LogP contribution is -2.07. The topological polar surface area (TPSA) is 34.1 Å². The van der Waals surface area contributed by atoms with Crippen LogP contribution in [0.3, 0.4) is 0 Å². The molecule has 1 aromatic heterocycles. The normalized spacial score (nSPS) is 10.4. The fraction of sp³-hybridized carbons (Fsp3) is 0.267. The van der Waals surface area contributed by atoms with E-state index in [0.717, 1.165) is 12.3 Å². The van der Waals surface area contributed by atoms with Crippen molar-refractivity contribution in [2.45, 2.75) is 13.5 Å². The molecule has 2 aromatic rings. The van der Waals surface area contributed by atoms with Gasteiger partial charge in [0.1, 0.15) is 5.75 Å². The minimum Gasteiger partial charge on any atom is -0.497 e. The number of aryl methyl sites for hydroxylation is 1. The fourth-order valence-electron chi connectivity index (χ4n) is 2.07. The van der Waals surface area contributed by atoms with Gasteiger partial charge in [-0.25, -0.2) is 0 Å². The van der Waals surface area contributed by atoms with Crippen LogP contribution in [0.5, 0.6) is 5.75 Å². The Kier molecular flexibility index (Phi) is 3.95. The number of pyridine rings is 1. The van der Waals surface area contributed by atoms with E-state index in [0.29, 0.717) is 0 Å². The van der Waals surface area contributed by atoms with E-state index in [1.165, 1.54) is 22.3 Å². The largest absolute Gasteiger partial charge is 0.497 e. The maximum Gasteiger partial charge on any atom is 0.119 e. The zero-order chi connectivity index (χ0) is 13.0. The summed E-state index contributed by atoms with van der Waals surface area (Å²) in [5.74, 6) is 0.885. The number of nitrogens with one attached hydrogen (secondary N) is 1. The second kappa shape index (κ2) is 5.65. The lowest BCUT2D eigenvalue weighted by molar-refractivity contribution is 0.414. The van der Waals surface area contributed by atoms with Crippen LogP contribution in [0, 0.1) is 6.92 Å². The summed E-state index contributed by atoms with van der Waals surface area (Å²) in [6.07, 6.45) is 3.72. The number of benzene rings is 1. The second-order valence-electron chi connectivity index (χ2n) is 4.24. The van der Waals surface area contributed by atoms with Crippen LogP contribution in [0.25, 0.3) is 11.1 Å². The van der Waals surface area contributed by atoms with Gasteiger partial charge in [-0.1, -0.05) is 6.07 Å². The van der Waals surface area contributed by atoms with Gasteiger partial charge in [0.05, 0.1) is 7.11 Å². The zero-order valence-corrected chi connectivity index (χ0v) is 11.0. The molecule has 0 aliphatic rings. The van der Waals surface area contributed by atoms with Gasteiger partial charge in [0.2, 0.25) is 0 Å². The van der Waals surface area contributed by atoms with Crippen molar-refractivity contribution < 1.29 is 4.74 Å². The Labute approximate surface area is 108 Å². The molecular formula is C15H18N2O. The first-order valence-electron chi connectivity index (χ1n) is 5.98. The highest BCUT2D eigenvalue weighted by Gasteiger charge is 2.08. The quantitative estimate of drug-likeness (QED) is 0.895. The maximum absolute atomic E-state index is 5.28. The number of methoxy groups -OCH3 is 1. The fourth-order valence-corrected chi connectivity index (χ4v) is 2.07. The molecule has 1 N–H and O–H groups in total. The number of rotatable bonds is 4. The summed E-state index contributed by atoms with van der Waals surface area (Å²) in [5, 5.41) is 3.19. The van der Waals surface area contributed by atoms with Crippen molar-refractivity contribution >= 4 is 0 Å². The van der Waals surface area contributed by atoms with Crippen LogP contribution in [-0.4, -0.2) is 19.1 Å². The number of nitrogens with zero attached hydrogens (tertiary/aromatic N) is 1. The molecule has 0 amide bonds. The van der Waals surface area contributed by atoms with Gasteiger partial charge in [-0.3, -0.25) is 4.98 Å². The Hall–Kier alpha value is -1.87. The third-order valence-corrected chi connectivity index (χ3v) is 2.99. The van der Waals surface area contributed by atoms with Crippen molar-refractivity contribution in [3.05, 3.63) is 47.8 Å². The summed E-state index contributed by atoms with van der Waals surface area (Å²) in [5.41, 5.74) is 4.86.